The van der Waals surface area contributed by atoms with Crippen LogP contribution in [0.4, 0.5) is 0 Å². The molecule has 5 nitrogen and oxygen atoms in total. The number of fused-ring (bicyclic) bond motifs is 1. The van der Waals surface area contributed by atoms with E-state index in [0.717, 1.165) is 50.6 Å². The highest BCUT2D eigenvalue weighted by Gasteiger charge is 2.23. The molecule has 1 saturated carbocycles. The molecule has 0 saturated heterocycles. The lowest BCUT2D eigenvalue weighted by Gasteiger charge is -2.25. The minimum Gasteiger partial charge on any atom is -0.492 e. The average molecular weight is 428 g/mol. The van der Waals surface area contributed by atoms with E-state index in [1.807, 2.05) is 6.07 Å². The summed E-state index contributed by atoms with van der Waals surface area (Å²) in [5.41, 5.74) is 3.65. The minimum absolute atomic E-state index is 0.170. The average Bonchev–Trinajstić information content (AvgIpc) is 3.14. The molecule has 2 aliphatic rings. The third-order valence-corrected chi connectivity index (χ3v) is 7.40. The van der Waals surface area contributed by atoms with Crippen molar-refractivity contribution < 1.29 is 17.9 Å². The van der Waals surface area contributed by atoms with Gasteiger partial charge in [0.25, 0.3) is 0 Å². The second-order valence-electron chi connectivity index (χ2n) is 8.70. The first-order chi connectivity index (χ1) is 14.4. The molecule has 0 atom stereocenters. The van der Waals surface area contributed by atoms with Crippen molar-refractivity contribution in [3.8, 4) is 5.75 Å². The van der Waals surface area contributed by atoms with Gasteiger partial charge < -0.3 is 9.53 Å². The molecule has 4 rings (SSSR count). The van der Waals surface area contributed by atoms with Crippen molar-refractivity contribution in [2.45, 2.75) is 50.2 Å². The fourth-order valence-corrected chi connectivity index (χ4v) is 5.39. The van der Waals surface area contributed by atoms with Gasteiger partial charge in [-0.1, -0.05) is 30.3 Å². The van der Waals surface area contributed by atoms with Crippen LogP contribution < -0.4 is 4.74 Å². The topological polar surface area (TPSA) is 63.7 Å². The number of sulfone groups is 1. The van der Waals surface area contributed by atoms with E-state index in [9.17, 15) is 13.2 Å². The van der Waals surface area contributed by atoms with Gasteiger partial charge in [-0.05, 0) is 60.4 Å². The summed E-state index contributed by atoms with van der Waals surface area (Å²) in [5, 5.41) is 0. The third kappa shape index (κ3) is 4.93. The molecule has 0 amide bonds. The van der Waals surface area contributed by atoms with Gasteiger partial charge in [-0.2, -0.15) is 0 Å². The summed E-state index contributed by atoms with van der Waals surface area (Å²) >= 11 is 0. The van der Waals surface area contributed by atoms with Gasteiger partial charge in [-0.25, -0.2) is 8.42 Å². The van der Waals surface area contributed by atoms with E-state index in [1.54, 1.807) is 12.1 Å². The van der Waals surface area contributed by atoms with Gasteiger partial charge >= 0.3 is 0 Å². The zero-order valence-corrected chi connectivity index (χ0v) is 18.2. The van der Waals surface area contributed by atoms with Crippen LogP contribution in [0.2, 0.25) is 0 Å². The first-order valence-electron chi connectivity index (χ1n) is 10.6. The highest BCUT2D eigenvalue weighted by Crippen LogP contribution is 2.31. The van der Waals surface area contributed by atoms with Crippen molar-refractivity contribution in [3.63, 3.8) is 0 Å². The normalized spacial score (nSPS) is 21.9. The van der Waals surface area contributed by atoms with Crippen LogP contribution in [0, 0.1) is 11.8 Å². The predicted molar refractivity (Wildman–Crippen MR) is 116 cm³/mol. The lowest BCUT2D eigenvalue weighted by Crippen LogP contribution is -2.21. The van der Waals surface area contributed by atoms with Crippen LogP contribution in [-0.2, 0) is 34.3 Å². The Morgan fingerprint density at radius 2 is 1.70 bits per heavy atom. The molecule has 2 aromatic rings. The Balaban J connectivity index is 1.43. The molecular weight excluding hydrogens is 398 g/mol. The van der Waals surface area contributed by atoms with E-state index in [4.69, 9.17) is 4.74 Å². The second-order valence-corrected chi connectivity index (χ2v) is 10.7. The van der Waals surface area contributed by atoms with Crippen LogP contribution in [0.15, 0.2) is 47.4 Å². The summed E-state index contributed by atoms with van der Waals surface area (Å²) in [6.45, 7) is 2.96. The van der Waals surface area contributed by atoms with Crippen LogP contribution >= 0.6 is 0 Å². The number of hydrogen-bond donors (Lipinski definition) is 0. The highest BCUT2D eigenvalue weighted by molar-refractivity contribution is 7.90. The smallest absolute Gasteiger partial charge is 0.179 e. The standard InChI is InChI=1S/C24H29NO4S/c1-30(27,28)24-12-20(13-25-14-21-4-2-3-5-22(21)15-25)10-11-23(24)29-17-19-8-6-18(16-26)7-9-19/h2-5,10-12,16,18-19H,6-9,13-15,17H2,1H3. The lowest BCUT2D eigenvalue weighted by molar-refractivity contribution is -0.112. The summed E-state index contributed by atoms with van der Waals surface area (Å²) < 4.78 is 30.8. The molecule has 0 aromatic heterocycles. The van der Waals surface area contributed by atoms with Crippen molar-refractivity contribution in [2.75, 3.05) is 12.9 Å². The molecule has 0 unspecified atom stereocenters. The third-order valence-electron chi connectivity index (χ3n) is 6.28. The molecule has 0 bridgehead atoms. The Morgan fingerprint density at radius 3 is 2.30 bits per heavy atom. The molecule has 1 aliphatic carbocycles. The van der Waals surface area contributed by atoms with E-state index in [-0.39, 0.29) is 10.8 Å². The number of rotatable bonds is 7. The van der Waals surface area contributed by atoms with Crippen molar-refractivity contribution in [2.24, 2.45) is 11.8 Å². The molecule has 0 radical (unpaired) electrons. The van der Waals surface area contributed by atoms with Gasteiger partial charge in [-0.3, -0.25) is 4.90 Å². The number of ether oxygens (including phenoxy) is 1. The first-order valence-corrected chi connectivity index (χ1v) is 12.5. The second kappa shape index (κ2) is 8.90. The molecule has 6 heteroatoms. The molecule has 2 aromatic carbocycles. The maximum Gasteiger partial charge on any atom is 0.179 e. The lowest BCUT2D eigenvalue weighted by atomic mass is 9.83. The molecule has 30 heavy (non-hydrogen) atoms. The van der Waals surface area contributed by atoms with Crippen LogP contribution in [0.25, 0.3) is 0 Å². The number of hydrogen-bond acceptors (Lipinski definition) is 5. The Morgan fingerprint density at radius 1 is 1.03 bits per heavy atom. The van der Waals surface area contributed by atoms with Crippen LogP contribution in [0.5, 0.6) is 5.75 Å². The number of nitrogens with zero attached hydrogens (tertiary/aromatic N) is 1. The number of benzene rings is 2. The summed E-state index contributed by atoms with van der Waals surface area (Å²) in [5.74, 6) is 0.976. The van der Waals surface area contributed by atoms with Gasteiger partial charge in [0, 0.05) is 31.8 Å². The maximum absolute atomic E-state index is 12.4. The number of carbonyl (C=O) groups excluding carboxylic acids is 1. The molecule has 1 aliphatic heterocycles. The first kappa shape index (κ1) is 21.1. The van der Waals surface area contributed by atoms with Crippen LogP contribution in [-0.4, -0.2) is 32.5 Å². The Kier molecular flexibility index (Phi) is 6.25. The SMILES string of the molecule is CS(=O)(=O)c1cc(CN2Cc3ccccc3C2)ccc1OCC1CCC(C=O)CC1. The van der Waals surface area contributed by atoms with E-state index in [0.29, 0.717) is 24.8 Å². The van der Waals surface area contributed by atoms with Crippen molar-refractivity contribution in [1.82, 2.24) is 4.90 Å². The van der Waals surface area contributed by atoms with E-state index in [1.165, 1.54) is 17.4 Å². The van der Waals surface area contributed by atoms with Crippen molar-refractivity contribution in [3.05, 3.63) is 59.2 Å². The molecule has 0 N–H and O–H groups in total. The maximum atomic E-state index is 12.4. The van der Waals surface area contributed by atoms with Gasteiger partial charge in [0.1, 0.15) is 16.9 Å². The summed E-state index contributed by atoms with van der Waals surface area (Å²) in [6, 6.07) is 13.9. The molecular formula is C24H29NO4S. The molecule has 1 fully saturated rings. The van der Waals surface area contributed by atoms with Gasteiger partial charge in [-0.15, -0.1) is 0 Å². The molecule has 1 heterocycles. The van der Waals surface area contributed by atoms with E-state index < -0.39 is 9.84 Å². The number of carbonyl (C=O) groups is 1. The van der Waals surface area contributed by atoms with Crippen LogP contribution in [0.3, 0.4) is 0 Å². The van der Waals surface area contributed by atoms with E-state index in [2.05, 4.69) is 29.2 Å². The highest BCUT2D eigenvalue weighted by atomic mass is 32.2. The predicted octanol–water partition coefficient (Wildman–Crippen LogP) is 3.99. The van der Waals surface area contributed by atoms with Crippen molar-refractivity contribution in [1.29, 1.82) is 0 Å². The quantitative estimate of drug-likeness (QED) is 0.625. The largest absolute Gasteiger partial charge is 0.492 e. The number of aldehydes is 1. The van der Waals surface area contributed by atoms with Gasteiger partial charge in [0.05, 0.1) is 6.61 Å². The fourth-order valence-electron chi connectivity index (χ4n) is 4.53. The summed E-state index contributed by atoms with van der Waals surface area (Å²) in [6.07, 6.45) is 5.98. The van der Waals surface area contributed by atoms with Gasteiger partial charge in [0.2, 0.25) is 0 Å². The Labute approximate surface area is 179 Å². The summed E-state index contributed by atoms with van der Waals surface area (Å²) in [7, 11) is -3.40. The minimum atomic E-state index is -3.40. The monoisotopic (exact) mass is 427 g/mol. The van der Waals surface area contributed by atoms with Crippen LogP contribution in [0.1, 0.15) is 42.4 Å². The van der Waals surface area contributed by atoms with E-state index >= 15 is 0 Å². The zero-order chi connectivity index (χ0) is 21.1. The Hall–Kier alpha value is -2.18. The molecule has 0 spiro atoms. The van der Waals surface area contributed by atoms with Crippen molar-refractivity contribution >= 4 is 16.1 Å². The molecule has 160 valence electrons. The summed E-state index contributed by atoms with van der Waals surface area (Å²) in [4.78, 5) is 13.5. The zero-order valence-electron chi connectivity index (χ0n) is 17.4. The fraction of sp³-hybridized carbons (Fsp3) is 0.458. The Bertz CT molecular complexity index is 985. The van der Waals surface area contributed by atoms with Gasteiger partial charge in [0.15, 0.2) is 9.84 Å².